The molecular formula is C10H19NO2. The summed E-state index contributed by atoms with van der Waals surface area (Å²) in [5.41, 5.74) is 0. The van der Waals surface area contributed by atoms with Gasteiger partial charge in [0.05, 0.1) is 12.2 Å². The lowest BCUT2D eigenvalue weighted by Crippen LogP contribution is -2.52. The van der Waals surface area contributed by atoms with Gasteiger partial charge >= 0.3 is 0 Å². The number of hydrogen-bond donors (Lipinski definition) is 3. The molecule has 0 spiro atoms. The van der Waals surface area contributed by atoms with Gasteiger partial charge in [0.25, 0.3) is 0 Å². The summed E-state index contributed by atoms with van der Waals surface area (Å²) in [5.74, 6) is 0. The highest BCUT2D eigenvalue weighted by atomic mass is 16.3. The average molecular weight is 185 g/mol. The van der Waals surface area contributed by atoms with E-state index in [9.17, 15) is 10.2 Å². The van der Waals surface area contributed by atoms with Crippen molar-refractivity contribution in [2.45, 2.75) is 62.8 Å². The van der Waals surface area contributed by atoms with Crippen molar-refractivity contribution in [2.75, 3.05) is 0 Å². The van der Waals surface area contributed by atoms with Gasteiger partial charge in [0.1, 0.15) is 0 Å². The molecule has 0 aromatic carbocycles. The first kappa shape index (κ1) is 9.44. The summed E-state index contributed by atoms with van der Waals surface area (Å²) >= 11 is 0. The first-order valence-corrected chi connectivity index (χ1v) is 5.38. The van der Waals surface area contributed by atoms with E-state index >= 15 is 0 Å². The van der Waals surface area contributed by atoms with Crippen molar-refractivity contribution in [3.05, 3.63) is 0 Å². The van der Waals surface area contributed by atoms with Gasteiger partial charge in [-0.25, -0.2) is 0 Å². The van der Waals surface area contributed by atoms with Gasteiger partial charge in [-0.1, -0.05) is 0 Å². The van der Waals surface area contributed by atoms with Crippen LogP contribution in [0.1, 0.15) is 38.5 Å². The maximum atomic E-state index is 9.38. The SMILES string of the molecule is OC1CCC(N[C@H]2CC[C@@H]2O)CC1. The lowest BCUT2D eigenvalue weighted by molar-refractivity contribution is 0.0348. The van der Waals surface area contributed by atoms with Gasteiger partial charge in [-0.2, -0.15) is 0 Å². The van der Waals surface area contributed by atoms with Crippen LogP contribution in [-0.2, 0) is 0 Å². The lowest BCUT2D eigenvalue weighted by atomic mass is 9.86. The molecule has 2 rings (SSSR count). The molecule has 3 nitrogen and oxygen atoms in total. The quantitative estimate of drug-likeness (QED) is 0.584. The van der Waals surface area contributed by atoms with Crippen molar-refractivity contribution in [2.24, 2.45) is 0 Å². The lowest BCUT2D eigenvalue weighted by Gasteiger charge is -2.38. The molecule has 0 unspecified atom stereocenters. The van der Waals surface area contributed by atoms with E-state index in [4.69, 9.17) is 0 Å². The van der Waals surface area contributed by atoms with E-state index in [0.717, 1.165) is 38.5 Å². The molecule has 3 N–H and O–H groups in total. The Morgan fingerprint density at radius 1 is 0.846 bits per heavy atom. The molecule has 0 heterocycles. The fourth-order valence-corrected chi connectivity index (χ4v) is 2.22. The number of aliphatic hydroxyl groups is 2. The number of hydrogen-bond acceptors (Lipinski definition) is 3. The summed E-state index contributed by atoms with van der Waals surface area (Å²) in [6.45, 7) is 0. The van der Waals surface area contributed by atoms with E-state index < -0.39 is 0 Å². The highest BCUT2D eigenvalue weighted by molar-refractivity contribution is 4.90. The van der Waals surface area contributed by atoms with Crippen LogP contribution in [0.2, 0.25) is 0 Å². The number of aliphatic hydroxyl groups excluding tert-OH is 2. The Labute approximate surface area is 79.2 Å². The standard InChI is InChI=1S/C10H19NO2/c12-8-3-1-7(2-4-8)11-9-5-6-10(9)13/h7-13H,1-6H2/t7?,8?,9-,10-/m0/s1. The van der Waals surface area contributed by atoms with Crippen molar-refractivity contribution in [1.82, 2.24) is 5.32 Å². The van der Waals surface area contributed by atoms with Crippen LogP contribution >= 0.6 is 0 Å². The van der Waals surface area contributed by atoms with Gasteiger partial charge in [0.15, 0.2) is 0 Å². The minimum atomic E-state index is -0.119. The van der Waals surface area contributed by atoms with Crippen LogP contribution in [0.3, 0.4) is 0 Å². The van der Waals surface area contributed by atoms with Gasteiger partial charge in [-0.3, -0.25) is 0 Å². The van der Waals surface area contributed by atoms with E-state index in [-0.39, 0.29) is 12.2 Å². The largest absolute Gasteiger partial charge is 0.393 e. The molecule has 2 saturated carbocycles. The molecule has 3 heteroatoms. The molecule has 13 heavy (non-hydrogen) atoms. The fourth-order valence-electron chi connectivity index (χ4n) is 2.22. The second kappa shape index (κ2) is 3.95. The zero-order valence-corrected chi connectivity index (χ0v) is 7.95. The van der Waals surface area contributed by atoms with E-state index in [1.165, 1.54) is 0 Å². The monoisotopic (exact) mass is 185 g/mol. The minimum Gasteiger partial charge on any atom is -0.393 e. The van der Waals surface area contributed by atoms with Crippen molar-refractivity contribution in [3.63, 3.8) is 0 Å². The molecular weight excluding hydrogens is 166 g/mol. The minimum absolute atomic E-state index is 0.0793. The average Bonchev–Trinajstić information content (AvgIpc) is 2.15. The smallest absolute Gasteiger partial charge is 0.0693 e. The summed E-state index contributed by atoms with van der Waals surface area (Å²) in [7, 11) is 0. The van der Waals surface area contributed by atoms with Gasteiger partial charge in [-0.15, -0.1) is 0 Å². The summed E-state index contributed by atoms with van der Waals surface area (Å²) in [4.78, 5) is 0. The van der Waals surface area contributed by atoms with E-state index in [0.29, 0.717) is 12.1 Å². The van der Waals surface area contributed by atoms with Crippen LogP contribution in [0.5, 0.6) is 0 Å². The van der Waals surface area contributed by atoms with Gasteiger partial charge in [0, 0.05) is 12.1 Å². The second-order valence-corrected chi connectivity index (χ2v) is 4.42. The van der Waals surface area contributed by atoms with Crippen LogP contribution in [-0.4, -0.2) is 34.5 Å². The highest BCUT2D eigenvalue weighted by Crippen LogP contribution is 2.24. The Bertz CT molecular complexity index is 166. The second-order valence-electron chi connectivity index (χ2n) is 4.42. The van der Waals surface area contributed by atoms with E-state index in [1.807, 2.05) is 0 Å². The summed E-state index contributed by atoms with van der Waals surface area (Å²) in [6, 6.07) is 0.864. The Morgan fingerprint density at radius 3 is 2.00 bits per heavy atom. The Kier molecular flexibility index (Phi) is 2.86. The van der Waals surface area contributed by atoms with Crippen LogP contribution < -0.4 is 5.32 Å². The molecule has 0 bridgehead atoms. The third-order valence-electron chi connectivity index (χ3n) is 3.38. The fraction of sp³-hybridized carbons (Fsp3) is 1.00. The predicted octanol–water partition coefficient (Wildman–Crippen LogP) is 0.403. The molecule has 0 aromatic heterocycles. The summed E-state index contributed by atoms with van der Waals surface area (Å²) < 4.78 is 0. The van der Waals surface area contributed by atoms with Crippen molar-refractivity contribution in [1.29, 1.82) is 0 Å². The van der Waals surface area contributed by atoms with Crippen molar-refractivity contribution < 1.29 is 10.2 Å². The first-order valence-electron chi connectivity index (χ1n) is 5.38. The molecule has 2 atom stereocenters. The first-order chi connectivity index (χ1) is 6.25. The third-order valence-corrected chi connectivity index (χ3v) is 3.38. The van der Waals surface area contributed by atoms with Crippen LogP contribution in [0.15, 0.2) is 0 Å². The van der Waals surface area contributed by atoms with E-state index in [1.54, 1.807) is 0 Å². The third kappa shape index (κ3) is 2.22. The normalized spacial score (nSPS) is 45.7. The van der Waals surface area contributed by atoms with E-state index in [2.05, 4.69) is 5.32 Å². The molecule has 76 valence electrons. The zero-order valence-electron chi connectivity index (χ0n) is 7.95. The molecule has 2 aliphatic rings. The van der Waals surface area contributed by atoms with Gasteiger partial charge in [0.2, 0.25) is 0 Å². The Morgan fingerprint density at radius 2 is 1.54 bits per heavy atom. The van der Waals surface area contributed by atoms with Crippen molar-refractivity contribution >= 4 is 0 Å². The molecule has 0 aliphatic heterocycles. The molecule has 0 saturated heterocycles. The Balaban J connectivity index is 1.70. The molecule has 0 amide bonds. The number of nitrogens with one attached hydrogen (secondary N) is 1. The molecule has 2 aliphatic carbocycles. The maximum Gasteiger partial charge on any atom is 0.0693 e. The summed E-state index contributed by atoms with van der Waals surface area (Å²) in [5, 5.41) is 22.2. The zero-order chi connectivity index (χ0) is 9.26. The van der Waals surface area contributed by atoms with Crippen LogP contribution in [0.25, 0.3) is 0 Å². The highest BCUT2D eigenvalue weighted by Gasteiger charge is 2.31. The van der Waals surface area contributed by atoms with Crippen molar-refractivity contribution in [3.8, 4) is 0 Å². The molecule has 0 radical (unpaired) electrons. The molecule has 2 fully saturated rings. The molecule has 0 aromatic rings. The summed E-state index contributed by atoms with van der Waals surface area (Å²) in [6.07, 6.45) is 5.82. The van der Waals surface area contributed by atoms with Gasteiger partial charge < -0.3 is 15.5 Å². The Hall–Kier alpha value is -0.120. The van der Waals surface area contributed by atoms with Crippen LogP contribution in [0, 0.1) is 0 Å². The van der Waals surface area contributed by atoms with Crippen LogP contribution in [0.4, 0.5) is 0 Å². The topological polar surface area (TPSA) is 52.5 Å². The predicted molar refractivity (Wildman–Crippen MR) is 50.4 cm³/mol. The van der Waals surface area contributed by atoms with Gasteiger partial charge in [-0.05, 0) is 38.5 Å². The number of rotatable bonds is 2. The maximum absolute atomic E-state index is 9.38.